The van der Waals surface area contributed by atoms with Gasteiger partial charge < -0.3 is 4.57 Å². The molecule has 1 heterocycles. The van der Waals surface area contributed by atoms with E-state index in [1.807, 2.05) is 6.08 Å². The first-order valence-corrected chi connectivity index (χ1v) is 7.48. The molecule has 0 aliphatic heterocycles. The molecule has 2 aromatic carbocycles. The Bertz CT molecular complexity index is 668. The van der Waals surface area contributed by atoms with Gasteiger partial charge in [-0.1, -0.05) is 48.9 Å². The van der Waals surface area contributed by atoms with Gasteiger partial charge >= 0.3 is 0 Å². The van der Waals surface area contributed by atoms with Gasteiger partial charge in [-0.2, -0.15) is 0 Å². The van der Waals surface area contributed by atoms with Crippen LogP contribution in [0.4, 0.5) is 0 Å². The Balaban J connectivity index is 1.93. The molecule has 3 aromatic rings. The van der Waals surface area contributed by atoms with Crippen molar-refractivity contribution >= 4 is 21.8 Å². The van der Waals surface area contributed by atoms with Crippen LogP contribution >= 0.6 is 0 Å². The molecule has 1 aromatic heterocycles. The number of aromatic nitrogens is 1. The molecule has 0 amide bonds. The highest BCUT2D eigenvalue weighted by molar-refractivity contribution is 6.07. The molecule has 0 bridgehead atoms. The fraction of sp³-hybridized carbons (Fsp3) is 0.263. The van der Waals surface area contributed by atoms with Crippen molar-refractivity contribution in [3.8, 4) is 0 Å². The van der Waals surface area contributed by atoms with Crippen LogP contribution in [0.2, 0.25) is 0 Å². The largest absolute Gasteiger partial charge is 0.340 e. The van der Waals surface area contributed by atoms with Crippen molar-refractivity contribution in [1.82, 2.24) is 4.57 Å². The summed E-state index contributed by atoms with van der Waals surface area (Å²) in [7, 11) is 0. The molecule has 0 saturated carbocycles. The van der Waals surface area contributed by atoms with E-state index in [2.05, 4.69) is 59.7 Å². The minimum atomic E-state index is 1.10. The summed E-state index contributed by atoms with van der Waals surface area (Å²) in [5, 5.41) is 2.74. The smallest absolute Gasteiger partial charge is 0.0491 e. The maximum Gasteiger partial charge on any atom is 0.0491 e. The Hall–Kier alpha value is -2.02. The van der Waals surface area contributed by atoms with Crippen molar-refractivity contribution in [1.29, 1.82) is 0 Å². The van der Waals surface area contributed by atoms with E-state index in [4.69, 9.17) is 0 Å². The Labute approximate surface area is 120 Å². The quantitative estimate of drug-likeness (QED) is 0.406. The third-order valence-electron chi connectivity index (χ3n) is 3.97. The molecule has 1 heteroatoms. The summed E-state index contributed by atoms with van der Waals surface area (Å²) in [6, 6.07) is 17.5. The zero-order chi connectivity index (χ0) is 13.8. The van der Waals surface area contributed by atoms with Gasteiger partial charge in [-0.05, 0) is 31.4 Å². The van der Waals surface area contributed by atoms with Gasteiger partial charge in [-0.3, -0.25) is 0 Å². The molecule has 102 valence electrons. The van der Waals surface area contributed by atoms with E-state index in [0.29, 0.717) is 0 Å². The zero-order valence-electron chi connectivity index (χ0n) is 11.9. The van der Waals surface area contributed by atoms with Crippen molar-refractivity contribution < 1.29 is 0 Å². The van der Waals surface area contributed by atoms with Gasteiger partial charge in [0.1, 0.15) is 0 Å². The number of hydrogen-bond acceptors (Lipinski definition) is 0. The summed E-state index contributed by atoms with van der Waals surface area (Å²) in [4.78, 5) is 0. The van der Waals surface area contributed by atoms with Crippen LogP contribution in [0.3, 0.4) is 0 Å². The normalized spacial score (nSPS) is 11.2. The molecule has 0 unspecified atom stereocenters. The summed E-state index contributed by atoms with van der Waals surface area (Å²) >= 11 is 0. The average Bonchev–Trinajstić information content (AvgIpc) is 2.82. The third-order valence-corrected chi connectivity index (χ3v) is 3.97. The van der Waals surface area contributed by atoms with Gasteiger partial charge in [0.25, 0.3) is 0 Å². The molecule has 0 atom stereocenters. The highest BCUT2D eigenvalue weighted by atomic mass is 15.0. The number of nitrogens with zero attached hydrogens (tertiary/aromatic N) is 1. The lowest BCUT2D eigenvalue weighted by Gasteiger charge is -2.07. The number of fused-ring (bicyclic) bond motifs is 3. The van der Waals surface area contributed by atoms with E-state index in [-0.39, 0.29) is 0 Å². The first-order valence-electron chi connectivity index (χ1n) is 7.48. The second kappa shape index (κ2) is 5.96. The minimum absolute atomic E-state index is 1.10. The lowest BCUT2D eigenvalue weighted by atomic mass is 10.2. The van der Waals surface area contributed by atoms with E-state index in [1.165, 1.54) is 41.1 Å². The SMILES string of the molecule is C=CCCCCCn1c2ccccc2c2ccccc21. The molecular formula is C19H21N. The van der Waals surface area contributed by atoms with Crippen LogP contribution in [0.1, 0.15) is 25.7 Å². The molecular weight excluding hydrogens is 242 g/mol. The first-order chi connectivity index (χ1) is 9.92. The van der Waals surface area contributed by atoms with Crippen LogP contribution in [0.25, 0.3) is 21.8 Å². The van der Waals surface area contributed by atoms with Crippen LogP contribution in [0, 0.1) is 0 Å². The molecule has 0 radical (unpaired) electrons. The van der Waals surface area contributed by atoms with Crippen LogP contribution < -0.4 is 0 Å². The number of unbranched alkanes of at least 4 members (excludes halogenated alkanes) is 3. The maximum absolute atomic E-state index is 3.78. The summed E-state index contributed by atoms with van der Waals surface area (Å²) in [5.41, 5.74) is 2.72. The molecule has 0 N–H and O–H groups in total. The standard InChI is InChI=1S/C19H21N/c1-2-3-4-5-10-15-20-18-13-8-6-11-16(18)17-12-7-9-14-19(17)20/h2,6-9,11-14H,1,3-5,10,15H2. The lowest BCUT2D eigenvalue weighted by Crippen LogP contribution is -1.97. The summed E-state index contributed by atoms with van der Waals surface area (Å²) in [6.45, 7) is 4.89. The van der Waals surface area contributed by atoms with Crippen molar-refractivity contribution in [2.24, 2.45) is 0 Å². The Morgan fingerprint density at radius 2 is 1.40 bits per heavy atom. The van der Waals surface area contributed by atoms with Crippen LogP contribution in [-0.2, 0) is 6.54 Å². The van der Waals surface area contributed by atoms with Gasteiger partial charge in [0, 0.05) is 28.4 Å². The second-order valence-electron chi connectivity index (χ2n) is 5.32. The van der Waals surface area contributed by atoms with E-state index in [1.54, 1.807) is 0 Å². The predicted octanol–water partition coefficient (Wildman–Crippen LogP) is 5.54. The third kappa shape index (κ3) is 2.36. The van der Waals surface area contributed by atoms with Crippen molar-refractivity contribution in [3.63, 3.8) is 0 Å². The fourth-order valence-corrected chi connectivity index (χ4v) is 2.98. The van der Waals surface area contributed by atoms with Gasteiger partial charge in [0.05, 0.1) is 0 Å². The molecule has 1 nitrogen and oxygen atoms in total. The minimum Gasteiger partial charge on any atom is -0.340 e. The molecule has 3 rings (SSSR count). The number of benzene rings is 2. The molecule has 0 aliphatic carbocycles. The molecule has 0 aliphatic rings. The first kappa shape index (κ1) is 13.0. The summed E-state index contributed by atoms with van der Waals surface area (Å²) in [5.74, 6) is 0. The maximum atomic E-state index is 3.78. The van der Waals surface area contributed by atoms with E-state index in [0.717, 1.165) is 13.0 Å². The monoisotopic (exact) mass is 263 g/mol. The van der Waals surface area contributed by atoms with Crippen molar-refractivity contribution in [2.45, 2.75) is 32.2 Å². The Morgan fingerprint density at radius 1 is 0.800 bits per heavy atom. The number of aryl methyl sites for hydroxylation is 1. The Kier molecular flexibility index (Phi) is 3.87. The van der Waals surface area contributed by atoms with E-state index >= 15 is 0 Å². The molecule has 20 heavy (non-hydrogen) atoms. The van der Waals surface area contributed by atoms with Gasteiger partial charge in [0.15, 0.2) is 0 Å². The molecule has 0 saturated heterocycles. The predicted molar refractivity (Wildman–Crippen MR) is 88.1 cm³/mol. The number of hydrogen-bond donors (Lipinski definition) is 0. The van der Waals surface area contributed by atoms with Crippen LogP contribution in [-0.4, -0.2) is 4.57 Å². The van der Waals surface area contributed by atoms with E-state index < -0.39 is 0 Å². The lowest BCUT2D eigenvalue weighted by molar-refractivity contribution is 0.613. The second-order valence-corrected chi connectivity index (χ2v) is 5.32. The zero-order valence-corrected chi connectivity index (χ0v) is 11.9. The number of rotatable bonds is 6. The van der Waals surface area contributed by atoms with Crippen LogP contribution in [0.5, 0.6) is 0 Å². The van der Waals surface area contributed by atoms with Gasteiger partial charge in [-0.25, -0.2) is 0 Å². The van der Waals surface area contributed by atoms with Crippen LogP contribution in [0.15, 0.2) is 61.2 Å². The summed E-state index contributed by atoms with van der Waals surface area (Å²) < 4.78 is 2.47. The molecule has 0 fully saturated rings. The number of para-hydroxylation sites is 2. The summed E-state index contributed by atoms with van der Waals surface area (Å²) in [6.07, 6.45) is 6.90. The Morgan fingerprint density at radius 3 is 2.00 bits per heavy atom. The highest BCUT2D eigenvalue weighted by Crippen LogP contribution is 2.28. The van der Waals surface area contributed by atoms with E-state index in [9.17, 15) is 0 Å². The van der Waals surface area contributed by atoms with Gasteiger partial charge in [-0.15, -0.1) is 6.58 Å². The van der Waals surface area contributed by atoms with Crippen molar-refractivity contribution in [3.05, 3.63) is 61.2 Å². The van der Waals surface area contributed by atoms with Gasteiger partial charge in [0.2, 0.25) is 0 Å². The number of allylic oxidation sites excluding steroid dienone is 1. The average molecular weight is 263 g/mol. The highest BCUT2D eigenvalue weighted by Gasteiger charge is 2.08. The molecule has 0 spiro atoms. The van der Waals surface area contributed by atoms with Crippen molar-refractivity contribution in [2.75, 3.05) is 0 Å². The topological polar surface area (TPSA) is 4.93 Å². The fourth-order valence-electron chi connectivity index (χ4n) is 2.98.